The Kier molecular flexibility index (Phi) is 7.40. The minimum Gasteiger partial charge on any atom is -0.393 e. The van der Waals surface area contributed by atoms with E-state index in [0.29, 0.717) is 33.9 Å². The Morgan fingerprint density at radius 2 is 1.77 bits per heavy atom. The Morgan fingerprint density at radius 1 is 1.06 bits per heavy atom. The molecule has 6 nitrogen and oxygen atoms in total. The van der Waals surface area contributed by atoms with Crippen LogP contribution in [0.4, 0.5) is 28.7 Å². The Bertz CT molecular complexity index is 1370. The molecule has 0 amide bonds. The van der Waals surface area contributed by atoms with Crippen LogP contribution in [0.15, 0.2) is 73.1 Å². The van der Waals surface area contributed by atoms with Crippen LogP contribution in [-0.2, 0) is 0 Å². The van der Waals surface area contributed by atoms with E-state index in [1.165, 1.54) is 6.33 Å². The smallest absolute Gasteiger partial charge is 0.161 e. The molecule has 0 bridgehead atoms. The number of nitriles is 1. The van der Waals surface area contributed by atoms with Crippen molar-refractivity contribution in [1.29, 1.82) is 5.26 Å². The highest BCUT2D eigenvalue weighted by Crippen LogP contribution is 2.37. The van der Waals surface area contributed by atoms with Gasteiger partial charge in [-0.2, -0.15) is 5.26 Å². The summed E-state index contributed by atoms with van der Waals surface area (Å²) in [5, 5.41) is 14.2. The van der Waals surface area contributed by atoms with Crippen molar-refractivity contribution in [3.8, 4) is 6.07 Å². The number of hydrogen-bond donors (Lipinski definition) is 2. The molecule has 1 atom stereocenters. The number of nitrogens with one attached hydrogen (secondary N) is 1. The van der Waals surface area contributed by atoms with E-state index in [-0.39, 0.29) is 0 Å². The van der Waals surface area contributed by atoms with E-state index in [1.54, 1.807) is 18.2 Å². The van der Waals surface area contributed by atoms with Crippen molar-refractivity contribution < 1.29 is 0 Å². The number of aromatic nitrogens is 2. The Morgan fingerprint density at radius 3 is 2.43 bits per heavy atom. The van der Waals surface area contributed by atoms with E-state index >= 15 is 0 Å². The second-order valence-corrected chi connectivity index (χ2v) is 8.81. The first-order valence-electron chi connectivity index (χ1n) is 11.1. The molecular formula is C27H24Cl2N6. The van der Waals surface area contributed by atoms with Gasteiger partial charge in [0.25, 0.3) is 0 Å². The van der Waals surface area contributed by atoms with Gasteiger partial charge >= 0.3 is 0 Å². The lowest BCUT2D eigenvalue weighted by atomic mass is 9.91. The molecule has 0 saturated heterocycles. The van der Waals surface area contributed by atoms with Gasteiger partial charge < -0.3 is 16.0 Å². The van der Waals surface area contributed by atoms with Crippen LogP contribution in [0.2, 0.25) is 10.0 Å². The van der Waals surface area contributed by atoms with Crippen molar-refractivity contribution in [1.82, 2.24) is 9.97 Å². The summed E-state index contributed by atoms with van der Waals surface area (Å²) in [5.74, 6) is 0.571. The fraction of sp³-hybridized carbons (Fsp3) is 0.148. The molecule has 0 aliphatic carbocycles. The van der Waals surface area contributed by atoms with Gasteiger partial charge in [-0.15, -0.1) is 0 Å². The van der Waals surface area contributed by atoms with Gasteiger partial charge in [0, 0.05) is 28.0 Å². The van der Waals surface area contributed by atoms with Crippen LogP contribution in [-0.4, -0.2) is 16.5 Å². The largest absolute Gasteiger partial charge is 0.393 e. The first-order valence-corrected chi connectivity index (χ1v) is 11.8. The number of hydrogen-bond acceptors (Lipinski definition) is 6. The van der Waals surface area contributed by atoms with Gasteiger partial charge in [-0.25, -0.2) is 9.97 Å². The fourth-order valence-corrected chi connectivity index (χ4v) is 4.33. The van der Waals surface area contributed by atoms with Gasteiger partial charge in [0.1, 0.15) is 12.0 Å². The third-order valence-electron chi connectivity index (χ3n) is 5.74. The molecule has 3 N–H and O–H groups in total. The predicted molar refractivity (Wildman–Crippen MR) is 144 cm³/mol. The number of anilines is 5. The van der Waals surface area contributed by atoms with Crippen LogP contribution < -0.4 is 16.0 Å². The molecule has 0 fully saturated rings. The predicted octanol–water partition coefficient (Wildman–Crippen LogP) is 7.23. The van der Waals surface area contributed by atoms with E-state index in [2.05, 4.69) is 21.4 Å². The van der Waals surface area contributed by atoms with Gasteiger partial charge in [-0.1, -0.05) is 59.6 Å². The minimum atomic E-state index is -0.521. The quantitative estimate of drug-likeness (QED) is 0.277. The van der Waals surface area contributed by atoms with Crippen molar-refractivity contribution in [2.75, 3.05) is 22.5 Å². The molecule has 0 aliphatic heterocycles. The van der Waals surface area contributed by atoms with Crippen molar-refractivity contribution in [3.63, 3.8) is 0 Å². The lowest BCUT2D eigenvalue weighted by Gasteiger charge is -2.24. The summed E-state index contributed by atoms with van der Waals surface area (Å²) in [7, 11) is 0. The number of nitrogens with two attached hydrogens (primary N) is 1. The lowest BCUT2D eigenvalue weighted by molar-refractivity contribution is 0.980. The van der Waals surface area contributed by atoms with E-state index in [1.807, 2.05) is 67.3 Å². The maximum Gasteiger partial charge on any atom is 0.161 e. The summed E-state index contributed by atoms with van der Waals surface area (Å²) >= 11 is 12.7. The number of nitrogens with zero attached hydrogens (tertiary/aromatic N) is 4. The van der Waals surface area contributed by atoms with Gasteiger partial charge in [-0.05, 0) is 60.9 Å². The molecule has 4 rings (SSSR count). The van der Waals surface area contributed by atoms with E-state index in [9.17, 15) is 5.26 Å². The number of nitrogen functional groups attached to an aromatic ring is 1. The average Bonchev–Trinajstić information content (AvgIpc) is 2.87. The SMILES string of the molecule is CCN(c1ccccc1)c1ncnc(Nc2cc(Cl)c(C(C#N)c3ccc(Cl)cc3)cc2C)c1N. The molecule has 0 spiro atoms. The molecule has 176 valence electrons. The highest BCUT2D eigenvalue weighted by atomic mass is 35.5. The van der Waals surface area contributed by atoms with Crippen LogP contribution in [0.25, 0.3) is 0 Å². The Hall–Kier alpha value is -3.79. The first-order chi connectivity index (χ1) is 16.9. The molecule has 4 aromatic rings. The highest BCUT2D eigenvalue weighted by Gasteiger charge is 2.20. The van der Waals surface area contributed by atoms with Crippen molar-refractivity contribution in [3.05, 3.63) is 99.8 Å². The zero-order valence-corrected chi connectivity index (χ0v) is 20.8. The molecule has 8 heteroatoms. The van der Waals surface area contributed by atoms with E-state index < -0.39 is 5.92 Å². The van der Waals surface area contributed by atoms with Crippen LogP contribution >= 0.6 is 23.2 Å². The summed E-state index contributed by atoms with van der Waals surface area (Å²) in [5.41, 5.74) is 11.1. The number of para-hydroxylation sites is 1. The monoisotopic (exact) mass is 502 g/mol. The second kappa shape index (κ2) is 10.6. The highest BCUT2D eigenvalue weighted by molar-refractivity contribution is 6.32. The summed E-state index contributed by atoms with van der Waals surface area (Å²) in [6, 6.07) is 23.2. The normalized spacial score (nSPS) is 11.5. The average molecular weight is 503 g/mol. The van der Waals surface area contributed by atoms with Crippen LogP contribution in [0, 0.1) is 18.3 Å². The first kappa shape index (κ1) is 24.3. The summed E-state index contributed by atoms with van der Waals surface area (Å²) in [6.07, 6.45) is 1.48. The zero-order chi connectivity index (χ0) is 24.9. The van der Waals surface area contributed by atoms with Crippen molar-refractivity contribution in [2.45, 2.75) is 19.8 Å². The van der Waals surface area contributed by atoms with Crippen LogP contribution in [0.1, 0.15) is 29.5 Å². The van der Waals surface area contributed by atoms with Crippen molar-refractivity contribution in [2.24, 2.45) is 0 Å². The van der Waals surface area contributed by atoms with E-state index in [4.69, 9.17) is 28.9 Å². The number of rotatable bonds is 7. The van der Waals surface area contributed by atoms with Gasteiger partial charge in [0.15, 0.2) is 11.6 Å². The third-order valence-corrected chi connectivity index (χ3v) is 6.32. The van der Waals surface area contributed by atoms with E-state index in [0.717, 1.165) is 28.1 Å². The van der Waals surface area contributed by atoms with Gasteiger partial charge in [-0.3, -0.25) is 0 Å². The number of benzene rings is 3. The van der Waals surface area contributed by atoms with Crippen LogP contribution in [0.5, 0.6) is 0 Å². The molecule has 0 radical (unpaired) electrons. The molecule has 1 aromatic heterocycles. The summed E-state index contributed by atoms with van der Waals surface area (Å²) < 4.78 is 0. The molecule has 3 aromatic carbocycles. The summed E-state index contributed by atoms with van der Waals surface area (Å²) in [6.45, 7) is 4.67. The minimum absolute atomic E-state index is 0.425. The second-order valence-electron chi connectivity index (χ2n) is 7.97. The Balaban J connectivity index is 1.66. The molecule has 35 heavy (non-hydrogen) atoms. The van der Waals surface area contributed by atoms with Crippen LogP contribution in [0.3, 0.4) is 0 Å². The van der Waals surface area contributed by atoms with Crippen molar-refractivity contribution >= 4 is 51.9 Å². The molecule has 1 heterocycles. The van der Waals surface area contributed by atoms with Gasteiger partial charge in [0.2, 0.25) is 0 Å². The lowest BCUT2D eigenvalue weighted by Crippen LogP contribution is -2.19. The molecule has 0 aliphatic rings. The molecule has 0 saturated carbocycles. The fourth-order valence-electron chi connectivity index (χ4n) is 3.93. The zero-order valence-electron chi connectivity index (χ0n) is 19.3. The third kappa shape index (κ3) is 5.17. The standard InChI is InChI=1S/C27H24Cl2N6/c1-3-35(20-7-5-4-6-8-20)27-25(31)26(32-16-33-27)34-24-14-23(29)21(13-17(24)2)22(15-30)18-9-11-19(28)12-10-18/h4-14,16,22H,3,31H2,1-2H3,(H,32,33,34). The number of halogens is 2. The summed E-state index contributed by atoms with van der Waals surface area (Å²) in [4.78, 5) is 10.8. The maximum absolute atomic E-state index is 9.86. The maximum atomic E-state index is 9.86. The number of aryl methyl sites for hydroxylation is 1. The topological polar surface area (TPSA) is 90.9 Å². The Labute approximate surface area is 215 Å². The molecular weight excluding hydrogens is 479 g/mol. The van der Waals surface area contributed by atoms with Gasteiger partial charge in [0.05, 0.1) is 12.0 Å². The molecule has 1 unspecified atom stereocenters.